The van der Waals surface area contributed by atoms with Crippen molar-refractivity contribution >= 4 is 29.4 Å². The highest BCUT2D eigenvalue weighted by molar-refractivity contribution is 6.31. The van der Waals surface area contributed by atoms with E-state index in [0.29, 0.717) is 22.8 Å². The van der Waals surface area contributed by atoms with E-state index in [4.69, 9.17) is 11.6 Å². The molecule has 136 valence electrons. The summed E-state index contributed by atoms with van der Waals surface area (Å²) in [6, 6.07) is 1.78. The van der Waals surface area contributed by atoms with Crippen LogP contribution < -0.4 is 5.32 Å². The lowest BCUT2D eigenvalue weighted by atomic mass is 10.2. The fourth-order valence-corrected chi connectivity index (χ4v) is 2.79. The van der Waals surface area contributed by atoms with Gasteiger partial charge < -0.3 is 5.32 Å². The first-order chi connectivity index (χ1) is 11.8. The van der Waals surface area contributed by atoms with Gasteiger partial charge in [-0.15, -0.1) is 0 Å². The van der Waals surface area contributed by atoms with Gasteiger partial charge in [0, 0.05) is 30.8 Å². The second-order valence-corrected chi connectivity index (χ2v) is 7.34. The van der Waals surface area contributed by atoms with Gasteiger partial charge in [0.15, 0.2) is 0 Å². The molecule has 25 heavy (non-hydrogen) atoms. The molecule has 0 bridgehead atoms. The Morgan fingerprint density at radius 3 is 2.52 bits per heavy atom. The van der Waals surface area contributed by atoms with Gasteiger partial charge in [-0.05, 0) is 24.8 Å². The van der Waals surface area contributed by atoms with Crippen LogP contribution >= 0.6 is 11.6 Å². The number of carbonyl (C=O) groups is 1. The van der Waals surface area contributed by atoms with Crippen LogP contribution in [0.25, 0.3) is 6.08 Å². The fourth-order valence-electron chi connectivity index (χ4n) is 2.48. The number of aromatic nitrogens is 4. The molecule has 0 atom stereocenters. The van der Waals surface area contributed by atoms with Crippen molar-refractivity contribution in [2.75, 3.05) is 5.32 Å². The SMILES string of the molecule is Cc1nn(CC(C)C)c(Cl)c1/C=C/C(=O)Nc1ccnn1CC(C)C. The second kappa shape index (κ2) is 8.34. The summed E-state index contributed by atoms with van der Waals surface area (Å²) in [7, 11) is 0. The van der Waals surface area contributed by atoms with Crippen molar-refractivity contribution in [2.45, 2.75) is 47.7 Å². The lowest BCUT2D eigenvalue weighted by molar-refractivity contribution is -0.111. The highest BCUT2D eigenvalue weighted by atomic mass is 35.5. The molecule has 0 unspecified atom stereocenters. The molecule has 0 saturated carbocycles. The van der Waals surface area contributed by atoms with E-state index >= 15 is 0 Å². The molecule has 7 heteroatoms. The Balaban J connectivity index is 2.08. The topological polar surface area (TPSA) is 64.7 Å². The minimum Gasteiger partial charge on any atom is -0.307 e. The standard InChI is InChI=1S/C18H26ClN5O/c1-12(2)10-23-16(8-9-20-23)21-17(25)7-6-15-14(5)22-24(18(15)19)11-13(3)4/h6-9,12-13H,10-11H2,1-5H3,(H,21,25)/b7-6+. The van der Waals surface area contributed by atoms with E-state index in [0.717, 1.165) is 24.3 Å². The Morgan fingerprint density at radius 1 is 1.24 bits per heavy atom. The predicted octanol–water partition coefficient (Wildman–Crippen LogP) is 4.01. The molecule has 2 rings (SSSR count). The van der Waals surface area contributed by atoms with Crippen molar-refractivity contribution in [3.63, 3.8) is 0 Å². The van der Waals surface area contributed by atoms with Crippen LogP contribution in [0.2, 0.25) is 5.15 Å². The minimum absolute atomic E-state index is 0.224. The molecule has 6 nitrogen and oxygen atoms in total. The molecule has 1 amide bonds. The van der Waals surface area contributed by atoms with Crippen LogP contribution in [0.3, 0.4) is 0 Å². The van der Waals surface area contributed by atoms with Crippen molar-refractivity contribution in [2.24, 2.45) is 11.8 Å². The first-order valence-electron chi connectivity index (χ1n) is 8.51. The lowest BCUT2D eigenvalue weighted by Crippen LogP contribution is -2.15. The molecule has 0 radical (unpaired) electrons. The number of nitrogens with one attached hydrogen (secondary N) is 1. The van der Waals surface area contributed by atoms with Crippen LogP contribution in [-0.2, 0) is 17.9 Å². The van der Waals surface area contributed by atoms with Crippen LogP contribution in [0.15, 0.2) is 18.3 Å². The maximum Gasteiger partial charge on any atom is 0.249 e. The number of hydrogen-bond donors (Lipinski definition) is 1. The van der Waals surface area contributed by atoms with E-state index in [1.165, 1.54) is 6.08 Å². The van der Waals surface area contributed by atoms with Gasteiger partial charge in [0.05, 0.1) is 11.9 Å². The number of amides is 1. The number of halogens is 1. The van der Waals surface area contributed by atoms with Crippen molar-refractivity contribution in [1.82, 2.24) is 19.6 Å². The zero-order valence-corrected chi connectivity index (χ0v) is 16.2. The average molecular weight is 364 g/mol. The number of carbonyl (C=O) groups excluding carboxylic acids is 1. The third-order valence-corrected chi connectivity index (χ3v) is 3.95. The number of rotatable bonds is 7. The van der Waals surface area contributed by atoms with Gasteiger partial charge in [0.2, 0.25) is 5.91 Å². The number of aryl methyl sites for hydroxylation is 1. The fraction of sp³-hybridized carbons (Fsp3) is 0.500. The molecular weight excluding hydrogens is 338 g/mol. The van der Waals surface area contributed by atoms with Gasteiger partial charge in [0.1, 0.15) is 11.0 Å². The summed E-state index contributed by atoms with van der Waals surface area (Å²) in [6.45, 7) is 11.8. The Morgan fingerprint density at radius 2 is 1.88 bits per heavy atom. The largest absolute Gasteiger partial charge is 0.307 e. The summed E-state index contributed by atoms with van der Waals surface area (Å²) in [5.74, 6) is 1.34. The van der Waals surface area contributed by atoms with E-state index in [1.807, 2.05) is 6.92 Å². The van der Waals surface area contributed by atoms with Crippen molar-refractivity contribution in [3.8, 4) is 0 Å². The molecule has 0 spiro atoms. The third kappa shape index (κ3) is 5.19. The van der Waals surface area contributed by atoms with Crippen LogP contribution in [-0.4, -0.2) is 25.5 Å². The molecule has 0 aromatic carbocycles. The quantitative estimate of drug-likeness (QED) is 0.756. The zero-order valence-electron chi connectivity index (χ0n) is 15.5. The van der Waals surface area contributed by atoms with E-state index in [9.17, 15) is 4.79 Å². The smallest absolute Gasteiger partial charge is 0.249 e. The van der Waals surface area contributed by atoms with Gasteiger partial charge in [-0.3, -0.25) is 9.48 Å². The molecule has 0 fully saturated rings. The molecule has 0 aliphatic heterocycles. The molecule has 2 aromatic rings. The van der Waals surface area contributed by atoms with Crippen LogP contribution in [0.5, 0.6) is 0 Å². The monoisotopic (exact) mass is 363 g/mol. The van der Waals surface area contributed by atoms with Crippen molar-refractivity contribution in [3.05, 3.63) is 34.7 Å². The number of hydrogen-bond acceptors (Lipinski definition) is 3. The van der Waals surface area contributed by atoms with E-state index < -0.39 is 0 Å². The maximum atomic E-state index is 12.2. The van der Waals surface area contributed by atoms with Gasteiger partial charge in [0.25, 0.3) is 0 Å². The summed E-state index contributed by atoms with van der Waals surface area (Å²) in [5.41, 5.74) is 1.58. The first kappa shape index (κ1) is 19.2. The summed E-state index contributed by atoms with van der Waals surface area (Å²) in [5, 5.41) is 12.1. The average Bonchev–Trinajstić information content (AvgIpc) is 3.02. The Bertz CT molecular complexity index is 758. The van der Waals surface area contributed by atoms with Gasteiger partial charge in [-0.1, -0.05) is 39.3 Å². The molecule has 0 aliphatic rings. The Hall–Kier alpha value is -2.08. The summed E-state index contributed by atoms with van der Waals surface area (Å²) in [6.07, 6.45) is 4.86. The number of anilines is 1. The van der Waals surface area contributed by atoms with E-state index in [1.54, 1.807) is 27.7 Å². The highest BCUT2D eigenvalue weighted by Crippen LogP contribution is 2.22. The predicted molar refractivity (Wildman–Crippen MR) is 102 cm³/mol. The first-order valence-corrected chi connectivity index (χ1v) is 8.89. The molecule has 0 aliphatic carbocycles. The van der Waals surface area contributed by atoms with Gasteiger partial charge >= 0.3 is 0 Å². The summed E-state index contributed by atoms with van der Waals surface area (Å²) >= 11 is 6.39. The van der Waals surface area contributed by atoms with Crippen molar-refractivity contribution in [1.29, 1.82) is 0 Å². The van der Waals surface area contributed by atoms with Gasteiger partial charge in [-0.25, -0.2) is 4.68 Å². The highest BCUT2D eigenvalue weighted by Gasteiger charge is 2.13. The molecule has 2 heterocycles. The summed E-state index contributed by atoms with van der Waals surface area (Å²) in [4.78, 5) is 12.2. The number of nitrogens with zero attached hydrogens (tertiary/aromatic N) is 4. The van der Waals surface area contributed by atoms with Crippen LogP contribution in [0.4, 0.5) is 5.82 Å². The lowest BCUT2D eigenvalue weighted by Gasteiger charge is -2.09. The Kier molecular flexibility index (Phi) is 6.42. The molecular formula is C18H26ClN5O. The van der Waals surface area contributed by atoms with Crippen LogP contribution in [0.1, 0.15) is 39.0 Å². The van der Waals surface area contributed by atoms with Crippen LogP contribution in [0, 0.1) is 18.8 Å². The second-order valence-electron chi connectivity index (χ2n) is 6.98. The minimum atomic E-state index is -0.224. The maximum absolute atomic E-state index is 12.2. The van der Waals surface area contributed by atoms with Crippen molar-refractivity contribution < 1.29 is 4.79 Å². The molecule has 2 aromatic heterocycles. The van der Waals surface area contributed by atoms with Gasteiger partial charge in [-0.2, -0.15) is 10.2 Å². The van der Waals surface area contributed by atoms with E-state index in [2.05, 4.69) is 43.2 Å². The zero-order chi connectivity index (χ0) is 18.6. The third-order valence-electron chi connectivity index (χ3n) is 3.55. The normalized spacial score (nSPS) is 11.8. The van der Waals surface area contributed by atoms with E-state index in [-0.39, 0.29) is 5.91 Å². The molecule has 0 saturated heterocycles. The molecule has 1 N–H and O–H groups in total. The Labute approximate surface area is 153 Å². The summed E-state index contributed by atoms with van der Waals surface area (Å²) < 4.78 is 3.56.